The molecular weight excluding hydrogens is 461 g/mol. The summed E-state index contributed by atoms with van der Waals surface area (Å²) < 4.78 is 47.6. The van der Waals surface area contributed by atoms with Gasteiger partial charge in [0, 0.05) is 6.04 Å². The number of nitrogen functional groups attached to an aromatic ring is 1. The van der Waals surface area contributed by atoms with Crippen LogP contribution >= 0.6 is 0 Å². The van der Waals surface area contributed by atoms with Gasteiger partial charge in [-0.1, -0.05) is 6.07 Å². The van der Waals surface area contributed by atoms with E-state index in [0.717, 1.165) is 25.0 Å². The number of rotatable bonds is 3. The fourth-order valence-electron chi connectivity index (χ4n) is 4.80. The lowest BCUT2D eigenvalue weighted by molar-refractivity contribution is -0.137. The monoisotopic (exact) mass is 482 g/mol. The predicted molar refractivity (Wildman–Crippen MR) is 120 cm³/mol. The summed E-state index contributed by atoms with van der Waals surface area (Å²) in [4.78, 5) is 28.3. The van der Waals surface area contributed by atoms with E-state index in [2.05, 4.69) is 15.0 Å². The lowest BCUT2D eigenvalue weighted by Gasteiger charge is -2.38. The Morgan fingerprint density at radius 1 is 1.17 bits per heavy atom. The standard InChI is InChI=1S/C24H21F3N6O2/c1-12-16-6-13(24(25,26)27)2-5-15(16)21(10-35-12)33(14-3-4-14)23(34)17-7-19-18(8-30-17)31-22(28)20-9-29-11-32(19)20/h2,5-9,11-12,14,21H,3-4,10H2,1H3,(H2,28,31)/t12-,21-/m1/s1. The summed E-state index contributed by atoms with van der Waals surface area (Å²) in [6.07, 6.45) is 1.33. The van der Waals surface area contributed by atoms with Crippen molar-refractivity contribution in [2.75, 3.05) is 12.3 Å². The van der Waals surface area contributed by atoms with Crippen LogP contribution in [0.4, 0.5) is 19.0 Å². The molecule has 11 heteroatoms. The highest BCUT2D eigenvalue weighted by molar-refractivity contribution is 5.96. The van der Waals surface area contributed by atoms with Gasteiger partial charge in [0.25, 0.3) is 5.91 Å². The number of carbonyl (C=O) groups excluding carboxylic acids is 1. The highest BCUT2D eigenvalue weighted by Crippen LogP contribution is 2.43. The van der Waals surface area contributed by atoms with Crippen LogP contribution in [0.1, 0.15) is 59.1 Å². The van der Waals surface area contributed by atoms with Gasteiger partial charge in [0.1, 0.15) is 22.5 Å². The van der Waals surface area contributed by atoms with Gasteiger partial charge in [0.15, 0.2) is 0 Å². The number of amides is 1. The fraction of sp³-hybridized carbons (Fsp3) is 0.333. The Kier molecular flexibility index (Phi) is 4.75. The first-order chi connectivity index (χ1) is 16.7. The Balaban J connectivity index is 1.42. The number of hydrogen-bond donors (Lipinski definition) is 1. The van der Waals surface area contributed by atoms with E-state index in [4.69, 9.17) is 10.5 Å². The van der Waals surface area contributed by atoms with Crippen molar-refractivity contribution >= 4 is 28.3 Å². The normalized spacial score (nSPS) is 20.2. The van der Waals surface area contributed by atoms with Crippen LogP contribution in [-0.2, 0) is 10.9 Å². The number of anilines is 1. The number of aromatic nitrogens is 4. The van der Waals surface area contributed by atoms with Crippen molar-refractivity contribution in [2.24, 2.45) is 0 Å². The molecule has 2 aliphatic rings. The van der Waals surface area contributed by atoms with Gasteiger partial charge in [-0.3, -0.25) is 9.20 Å². The van der Waals surface area contributed by atoms with Crippen LogP contribution in [0.3, 0.4) is 0 Å². The zero-order valence-corrected chi connectivity index (χ0v) is 18.7. The first kappa shape index (κ1) is 21.8. The maximum absolute atomic E-state index is 13.8. The number of benzene rings is 1. The van der Waals surface area contributed by atoms with Gasteiger partial charge in [-0.05, 0) is 49.1 Å². The summed E-state index contributed by atoms with van der Waals surface area (Å²) in [6, 6.07) is 4.77. The third-order valence-electron chi connectivity index (χ3n) is 6.71. The second-order valence-corrected chi connectivity index (χ2v) is 8.98. The number of fused-ring (bicyclic) bond motifs is 4. The van der Waals surface area contributed by atoms with Crippen LogP contribution in [-0.4, -0.2) is 42.8 Å². The van der Waals surface area contributed by atoms with E-state index in [9.17, 15) is 18.0 Å². The zero-order chi connectivity index (χ0) is 24.5. The molecule has 1 amide bonds. The highest BCUT2D eigenvalue weighted by atomic mass is 19.4. The number of hydrogen-bond acceptors (Lipinski definition) is 6. The van der Waals surface area contributed by atoms with Crippen LogP contribution in [0.5, 0.6) is 0 Å². The number of alkyl halides is 3. The molecule has 1 aliphatic carbocycles. The molecule has 1 aromatic carbocycles. The average Bonchev–Trinajstić information content (AvgIpc) is 3.53. The molecule has 4 heterocycles. The number of halogens is 3. The molecule has 0 spiro atoms. The van der Waals surface area contributed by atoms with Gasteiger partial charge in [0.2, 0.25) is 0 Å². The maximum atomic E-state index is 13.8. The third-order valence-corrected chi connectivity index (χ3v) is 6.71. The largest absolute Gasteiger partial charge is 0.416 e. The van der Waals surface area contributed by atoms with Gasteiger partial charge in [0.05, 0.1) is 48.6 Å². The molecule has 0 bridgehead atoms. The topological polar surface area (TPSA) is 98.6 Å². The Morgan fingerprint density at radius 3 is 2.71 bits per heavy atom. The summed E-state index contributed by atoms with van der Waals surface area (Å²) in [5.41, 5.74) is 8.34. The van der Waals surface area contributed by atoms with Crippen molar-refractivity contribution < 1.29 is 22.7 Å². The summed E-state index contributed by atoms with van der Waals surface area (Å²) in [7, 11) is 0. The van der Waals surface area contributed by atoms with Gasteiger partial charge in [-0.2, -0.15) is 13.2 Å². The van der Waals surface area contributed by atoms with Crippen molar-refractivity contribution in [2.45, 2.75) is 44.1 Å². The number of ether oxygens (including phenoxy) is 1. The molecule has 0 radical (unpaired) electrons. The van der Waals surface area contributed by atoms with Crippen molar-refractivity contribution in [3.8, 4) is 0 Å². The molecule has 4 aromatic rings. The van der Waals surface area contributed by atoms with Crippen LogP contribution in [0, 0.1) is 0 Å². The molecule has 2 N–H and O–H groups in total. The van der Waals surface area contributed by atoms with Gasteiger partial charge in [-0.25, -0.2) is 15.0 Å². The number of carbonyl (C=O) groups is 1. The van der Waals surface area contributed by atoms with Crippen LogP contribution in [0.2, 0.25) is 0 Å². The quantitative estimate of drug-likeness (QED) is 0.467. The number of nitrogens with zero attached hydrogens (tertiary/aromatic N) is 5. The minimum atomic E-state index is -4.46. The average molecular weight is 482 g/mol. The van der Waals surface area contributed by atoms with Crippen molar-refractivity contribution in [1.82, 2.24) is 24.3 Å². The zero-order valence-electron chi connectivity index (χ0n) is 18.7. The molecular formula is C24H21F3N6O2. The van der Waals surface area contributed by atoms with E-state index in [1.54, 1.807) is 34.8 Å². The van der Waals surface area contributed by atoms with Crippen LogP contribution in [0.25, 0.3) is 16.6 Å². The van der Waals surface area contributed by atoms with Crippen LogP contribution in [0.15, 0.2) is 43.0 Å². The molecule has 1 aliphatic heterocycles. The molecule has 1 saturated carbocycles. The lowest BCUT2D eigenvalue weighted by Crippen LogP contribution is -2.41. The first-order valence-electron chi connectivity index (χ1n) is 11.2. The summed E-state index contributed by atoms with van der Waals surface area (Å²) in [6.45, 7) is 1.91. The first-order valence-corrected chi connectivity index (χ1v) is 11.2. The van der Waals surface area contributed by atoms with Crippen molar-refractivity contribution in [3.05, 3.63) is 65.4 Å². The summed E-state index contributed by atoms with van der Waals surface area (Å²) >= 11 is 0. The van der Waals surface area contributed by atoms with Gasteiger partial charge >= 0.3 is 6.18 Å². The molecule has 2 atom stereocenters. The SMILES string of the molecule is C[C@H]1OC[C@@H](N(C(=O)c2cc3c(cn2)nc(N)c2cncn23)C2CC2)c2ccc(C(F)(F)F)cc21. The smallest absolute Gasteiger partial charge is 0.382 e. The Hall–Kier alpha value is -3.73. The molecule has 0 saturated heterocycles. The molecule has 6 rings (SSSR count). The second kappa shape index (κ2) is 7.64. The Labute approximate surface area is 197 Å². The van der Waals surface area contributed by atoms with Crippen molar-refractivity contribution in [1.29, 1.82) is 0 Å². The molecule has 35 heavy (non-hydrogen) atoms. The number of nitrogens with two attached hydrogens (primary N) is 1. The number of imidazole rings is 1. The van der Waals surface area contributed by atoms with Crippen molar-refractivity contribution in [3.63, 3.8) is 0 Å². The minimum absolute atomic E-state index is 0.0325. The van der Waals surface area contributed by atoms with Gasteiger partial charge in [-0.15, -0.1) is 0 Å². The molecule has 1 fully saturated rings. The van der Waals surface area contributed by atoms with E-state index in [1.165, 1.54) is 12.3 Å². The summed E-state index contributed by atoms with van der Waals surface area (Å²) in [5, 5.41) is 0. The maximum Gasteiger partial charge on any atom is 0.416 e. The Bertz CT molecular complexity index is 1480. The van der Waals surface area contributed by atoms with E-state index in [0.29, 0.717) is 33.5 Å². The molecule has 8 nitrogen and oxygen atoms in total. The Morgan fingerprint density at radius 2 is 1.97 bits per heavy atom. The predicted octanol–water partition coefficient (Wildman–Crippen LogP) is 4.32. The fourth-order valence-corrected chi connectivity index (χ4v) is 4.80. The van der Waals surface area contributed by atoms with E-state index >= 15 is 0 Å². The lowest BCUT2D eigenvalue weighted by atomic mass is 9.91. The number of pyridine rings is 1. The second-order valence-electron chi connectivity index (χ2n) is 8.98. The van der Waals surface area contributed by atoms with Crippen LogP contribution < -0.4 is 5.73 Å². The third kappa shape index (κ3) is 3.57. The van der Waals surface area contributed by atoms with Gasteiger partial charge < -0.3 is 15.4 Å². The van der Waals surface area contributed by atoms with E-state index in [1.807, 2.05) is 0 Å². The molecule has 0 unspecified atom stereocenters. The van der Waals surface area contributed by atoms with E-state index in [-0.39, 0.29) is 24.2 Å². The molecule has 180 valence electrons. The minimum Gasteiger partial charge on any atom is -0.382 e. The highest BCUT2D eigenvalue weighted by Gasteiger charge is 2.42. The summed E-state index contributed by atoms with van der Waals surface area (Å²) in [5.74, 6) is -0.00715. The molecule has 3 aromatic heterocycles. The van der Waals surface area contributed by atoms with E-state index < -0.39 is 23.9 Å².